The molecule has 3 amide bonds. The molecule has 4 aromatic heterocycles. The number of ether oxygens (including phenoxy) is 4. The van der Waals surface area contributed by atoms with Crippen molar-refractivity contribution in [3.05, 3.63) is 213 Å². The molecule has 5 aromatic carbocycles. The van der Waals surface area contributed by atoms with Crippen LogP contribution in [0.3, 0.4) is 0 Å². The molecule has 31 heteroatoms. The van der Waals surface area contributed by atoms with Crippen LogP contribution < -0.4 is 35.8 Å². The summed E-state index contributed by atoms with van der Waals surface area (Å²) in [4.78, 5) is 92.8. The van der Waals surface area contributed by atoms with Gasteiger partial charge in [0.15, 0.2) is 15.0 Å². The van der Waals surface area contributed by atoms with Crippen LogP contribution in [-0.4, -0.2) is 144 Å². The number of nitrogens with two attached hydrogens (primary N) is 1. The minimum Gasteiger partial charge on any atom is -0.489 e. The Bertz CT molecular complexity index is 4250. The van der Waals surface area contributed by atoms with Crippen LogP contribution in [0.5, 0.6) is 11.5 Å². The first-order valence-corrected chi connectivity index (χ1v) is 32.6. The summed E-state index contributed by atoms with van der Waals surface area (Å²) in [5, 5.41) is 57.3. The molecule has 0 spiro atoms. The van der Waals surface area contributed by atoms with E-state index in [1.165, 1.54) is 64.1 Å². The fraction of sp³-hybridized carbons (Fsp3) is 0.215. The number of alkyl halides is 1. The van der Waals surface area contributed by atoms with E-state index in [2.05, 4.69) is 58.1 Å². The first kappa shape index (κ1) is 77.3. The van der Waals surface area contributed by atoms with Crippen molar-refractivity contribution < 1.29 is 62.9 Å². The molecule has 2 atom stereocenters. The van der Waals surface area contributed by atoms with Gasteiger partial charge in [-0.3, -0.25) is 24.0 Å². The van der Waals surface area contributed by atoms with E-state index >= 15 is 0 Å². The van der Waals surface area contributed by atoms with Crippen molar-refractivity contribution in [2.75, 3.05) is 64.5 Å². The molecular formula is C65H62BBrClN11O13S4. The fourth-order valence-corrected chi connectivity index (χ4v) is 11.8. The molecule has 0 saturated heterocycles. The van der Waals surface area contributed by atoms with Gasteiger partial charge in [0.25, 0.3) is 11.8 Å². The molecule has 0 unspecified atom stereocenters. The number of anilines is 2. The van der Waals surface area contributed by atoms with Crippen molar-refractivity contribution in [1.82, 2.24) is 25.3 Å². The Balaban J connectivity index is 0.000000219. The Labute approximate surface area is 583 Å². The summed E-state index contributed by atoms with van der Waals surface area (Å²) in [6.45, 7) is 2.43. The second-order valence-corrected chi connectivity index (χ2v) is 25.0. The van der Waals surface area contributed by atoms with Gasteiger partial charge in [0.1, 0.15) is 50.0 Å². The number of aromatic nitrogens is 4. The SMILES string of the molecule is CN1C(=O)[C@@H](N)COc2ccccc21.CN1C(=O)[C@@H](NC(=O)c2ncc(Cc3cccc(C#N)c3)s2)COc2ccccc21.COCC(=O)c1ncc(C)s1.COCC(=O)c1ncc(CBr)s1.Cl.N#Cc1cccc(B(O)O)c1.N#Cc1cccc(Cc2cnc(C(=O)O)s2)c1. The summed E-state index contributed by atoms with van der Waals surface area (Å²) in [7, 11) is 4.86. The van der Waals surface area contributed by atoms with Gasteiger partial charge in [-0.2, -0.15) is 15.8 Å². The highest BCUT2D eigenvalue weighted by atomic mass is 79.9. The minimum absolute atomic E-state index is 0. The number of hydrogen-bond acceptors (Lipinski definition) is 24. The maximum Gasteiger partial charge on any atom is 0.488 e. The lowest BCUT2D eigenvalue weighted by Crippen LogP contribution is -2.49. The van der Waals surface area contributed by atoms with Gasteiger partial charge < -0.3 is 55.0 Å². The van der Waals surface area contributed by atoms with Gasteiger partial charge in [0, 0.05) is 90.8 Å². The highest BCUT2D eigenvalue weighted by molar-refractivity contribution is 9.08. The van der Waals surface area contributed by atoms with E-state index in [0.29, 0.717) is 62.2 Å². The molecule has 0 saturated carbocycles. The molecule has 0 bridgehead atoms. The average molecular weight is 1460 g/mol. The summed E-state index contributed by atoms with van der Waals surface area (Å²) in [5.41, 5.74) is 11.0. The molecule has 496 valence electrons. The van der Waals surface area contributed by atoms with Crippen LogP contribution in [0.15, 0.2) is 146 Å². The molecule has 11 rings (SSSR count). The molecule has 24 nitrogen and oxygen atoms in total. The van der Waals surface area contributed by atoms with Gasteiger partial charge >= 0.3 is 13.1 Å². The highest BCUT2D eigenvalue weighted by Gasteiger charge is 2.31. The van der Waals surface area contributed by atoms with Crippen LogP contribution >= 0.6 is 73.7 Å². The van der Waals surface area contributed by atoms with E-state index in [9.17, 15) is 28.8 Å². The number of halogens is 2. The number of carboxylic acid groups (broad SMARTS) is 1. The molecule has 0 fully saturated rings. The Morgan fingerprint density at radius 3 is 1.56 bits per heavy atom. The number of hydrogen-bond donors (Lipinski definition) is 5. The molecular weight excluding hydrogens is 1400 g/mol. The molecule has 9 aromatic rings. The van der Waals surface area contributed by atoms with Gasteiger partial charge in [-0.15, -0.1) is 57.8 Å². The molecule has 2 aliphatic heterocycles. The summed E-state index contributed by atoms with van der Waals surface area (Å²) in [6, 6.07) is 40.1. The Kier molecular flexibility index (Phi) is 31.7. The largest absolute Gasteiger partial charge is 0.489 e. The Morgan fingerprint density at radius 1 is 0.635 bits per heavy atom. The maximum absolute atomic E-state index is 12.8. The number of fused-ring (bicyclic) bond motifs is 2. The Morgan fingerprint density at radius 2 is 1.08 bits per heavy atom. The molecule has 6 N–H and O–H groups in total. The number of thiazole rings is 4. The van der Waals surface area contributed by atoms with Crippen molar-refractivity contribution in [3.63, 3.8) is 0 Å². The normalized spacial score (nSPS) is 13.1. The predicted molar refractivity (Wildman–Crippen MR) is 371 cm³/mol. The van der Waals surface area contributed by atoms with Gasteiger partial charge in [0.05, 0.1) is 46.3 Å². The van der Waals surface area contributed by atoms with Gasteiger partial charge in [-0.05, 0) is 84.2 Å². The number of rotatable bonds is 15. The van der Waals surface area contributed by atoms with Gasteiger partial charge in [0.2, 0.25) is 22.5 Å². The summed E-state index contributed by atoms with van der Waals surface area (Å²) < 4.78 is 20.5. The quantitative estimate of drug-likeness (QED) is 0.0366. The third-order valence-corrected chi connectivity index (χ3v) is 17.8. The number of ketones is 2. The first-order chi connectivity index (χ1) is 45.7. The Hall–Kier alpha value is -9.46. The number of aromatic carboxylic acids is 1. The number of amides is 3. The predicted octanol–water partition coefficient (Wildman–Crippen LogP) is 8.24. The zero-order chi connectivity index (χ0) is 69.0. The summed E-state index contributed by atoms with van der Waals surface area (Å²) >= 11 is 8.49. The molecule has 2 aliphatic rings. The highest BCUT2D eigenvalue weighted by Crippen LogP contribution is 2.31. The van der Waals surface area contributed by atoms with E-state index in [0.717, 1.165) is 53.0 Å². The number of carboxylic acids is 1. The molecule has 0 radical (unpaired) electrons. The van der Waals surface area contributed by atoms with E-state index in [1.807, 2.05) is 79.7 Å². The molecule has 6 heterocycles. The number of carbonyl (C=O) groups is 6. The van der Waals surface area contributed by atoms with Crippen molar-refractivity contribution in [2.45, 2.75) is 37.2 Å². The minimum atomic E-state index is -1.50. The third-order valence-electron chi connectivity index (χ3n) is 12.9. The molecule has 96 heavy (non-hydrogen) atoms. The van der Waals surface area contributed by atoms with Crippen molar-refractivity contribution in [3.8, 4) is 29.7 Å². The number of nitrogens with one attached hydrogen (secondary N) is 1. The number of Topliss-reactive ketones (excluding diaryl/α,β-unsaturated/α-hetero) is 2. The van der Waals surface area contributed by atoms with Gasteiger partial charge in [-0.25, -0.2) is 24.7 Å². The lowest BCUT2D eigenvalue weighted by Gasteiger charge is -2.19. The lowest BCUT2D eigenvalue weighted by atomic mass is 9.80. The number of nitriles is 3. The number of methoxy groups -OCH3 is 2. The number of aryl methyl sites for hydroxylation is 1. The third kappa shape index (κ3) is 23.5. The zero-order valence-corrected chi connectivity index (χ0v) is 57.7. The van der Waals surface area contributed by atoms with E-state index in [4.69, 9.17) is 50.9 Å². The topological polar surface area (TPSA) is 367 Å². The van der Waals surface area contributed by atoms with E-state index < -0.39 is 31.1 Å². The monoisotopic (exact) mass is 1460 g/mol. The van der Waals surface area contributed by atoms with Gasteiger partial charge in [-0.1, -0.05) is 76.6 Å². The number of para-hydroxylation sites is 4. The average Bonchev–Trinajstić information content (AvgIpc) is 1.87. The lowest BCUT2D eigenvalue weighted by molar-refractivity contribution is -0.120. The fourth-order valence-electron chi connectivity index (χ4n) is 8.27. The van der Waals surface area contributed by atoms with Crippen LogP contribution in [0.4, 0.5) is 11.4 Å². The smallest absolute Gasteiger partial charge is 0.488 e. The second-order valence-electron chi connectivity index (χ2n) is 19.9. The van der Waals surface area contributed by atoms with Crippen LogP contribution in [0.25, 0.3) is 0 Å². The molecule has 0 aliphatic carbocycles. The van der Waals surface area contributed by atoms with Crippen molar-refractivity contribution >= 4 is 133 Å². The van der Waals surface area contributed by atoms with Crippen LogP contribution in [-0.2, 0) is 37.2 Å². The first-order valence-electron chi connectivity index (χ1n) is 28.2. The van der Waals surface area contributed by atoms with Crippen molar-refractivity contribution in [1.29, 1.82) is 15.8 Å². The number of nitrogens with zero attached hydrogens (tertiary/aromatic N) is 9. The van der Waals surface area contributed by atoms with E-state index in [-0.39, 0.29) is 72.2 Å². The zero-order valence-electron chi connectivity index (χ0n) is 52.0. The number of likely N-dealkylation sites (N-methyl/N-ethyl adjacent to an activating group) is 2. The van der Waals surface area contributed by atoms with Crippen LogP contribution in [0.2, 0.25) is 0 Å². The number of carbonyl (C=O) groups excluding carboxylic acids is 5. The maximum atomic E-state index is 12.8. The number of benzene rings is 5. The second kappa shape index (κ2) is 39.4. The summed E-state index contributed by atoms with van der Waals surface area (Å²) in [6.07, 6.45) is 7.76. The van der Waals surface area contributed by atoms with Crippen molar-refractivity contribution in [2.24, 2.45) is 5.73 Å². The summed E-state index contributed by atoms with van der Waals surface area (Å²) in [5.74, 6) is -0.600. The van der Waals surface area contributed by atoms with E-state index in [1.54, 1.807) is 87.4 Å². The van der Waals surface area contributed by atoms with Crippen LogP contribution in [0, 0.1) is 40.9 Å². The standard InChI is InChI=1S/C22H18N4O3S.C12H8N2O2S.C10H12N2O2.C7H6BNO2.C7H8BrNO2S.C7H9NO2S.ClH/c1-26-18-7-2-3-8-19(18)29-13-17(22(26)28)25-20(27)21-24-12-16(30-21)10-14-5-4-6-15(9-14)11-23;13-6-9-3-1-2-8(4-9)5-10-7-14-11(17-10)12(15)16;1-12-8-4-2-3-5-9(8)14-6-7(11)10(12)13;9-5-6-2-1-3-7(4-6)8(10)11;1-11-4-6(10)7-9-3-5(2-8)12-7;1-5-3-8-7(11-5)6(9)4-10-2;/h2-9,12,17H,10,13H2,1H3,(H,25,27);1-4,7H,5H2,(H,15,16);2-5,7H,6,11H2,1H3;1-4,10-11H;3H,2,4H2,1H3;3H,4H2,1-2H3;1H/t17-;;7-;;;;/m0.0..../s1. The van der Waals surface area contributed by atoms with Crippen LogP contribution in [0.1, 0.15) is 86.5 Å².